The van der Waals surface area contributed by atoms with Gasteiger partial charge in [-0.3, -0.25) is 19.1 Å². The molecule has 2 aromatic heterocycles. The molecule has 0 aliphatic heterocycles. The van der Waals surface area contributed by atoms with Crippen LogP contribution in [0.15, 0.2) is 15.7 Å². The van der Waals surface area contributed by atoms with Gasteiger partial charge in [0.25, 0.3) is 11.5 Å². The average Bonchev–Trinajstić information content (AvgIpc) is 3.39. The summed E-state index contributed by atoms with van der Waals surface area (Å²) in [6.45, 7) is 8.24. The zero-order valence-corrected chi connectivity index (χ0v) is 18.7. The molecule has 2 heterocycles. The molecule has 0 aromatic carbocycles. The van der Waals surface area contributed by atoms with E-state index in [1.165, 1.54) is 4.57 Å². The van der Waals surface area contributed by atoms with Crippen molar-refractivity contribution in [3.8, 4) is 0 Å². The number of hydrogen-bond acceptors (Lipinski definition) is 5. The monoisotopic (exact) mass is 445 g/mol. The van der Waals surface area contributed by atoms with E-state index in [1.54, 1.807) is 19.9 Å². The van der Waals surface area contributed by atoms with Gasteiger partial charge in [0.2, 0.25) is 0 Å². The van der Waals surface area contributed by atoms with E-state index in [2.05, 4.69) is 15.3 Å². The van der Waals surface area contributed by atoms with Gasteiger partial charge >= 0.3 is 5.69 Å². The fourth-order valence-electron chi connectivity index (χ4n) is 3.00. The third-order valence-electron chi connectivity index (χ3n) is 4.46. The van der Waals surface area contributed by atoms with Gasteiger partial charge in [-0.1, -0.05) is 13.8 Å². The lowest BCUT2D eigenvalue weighted by molar-refractivity contribution is 0.0947. The Balaban J connectivity index is 0.00000210. The third kappa shape index (κ3) is 5.81. The fourth-order valence-corrected chi connectivity index (χ4v) is 3.00. The number of H-pyrrole nitrogens is 1. The summed E-state index contributed by atoms with van der Waals surface area (Å²) >= 11 is 0. The highest BCUT2D eigenvalue weighted by molar-refractivity contribution is 6.05. The molecular formula is C19H29Cl2N5O3. The Labute approximate surface area is 181 Å². The van der Waals surface area contributed by atoms with Crippen molar-refractivity contribution in [2.24, 2.45) is 11.7 Å². The topological polar surface area (TPSA) is 123 Å². The number of amides is 1. The summed E-state index contributed by atoms with van der Waals surface area (Å²) < 4.78 is 1.46. The Hall–Kier alpha value is -1.90. The van der Waals surface area contributed by atoms with Gasteiger partial charge in [-0.2, -0.15) is 0 Å². The normalized spacial score (nSPS) is 13.7. The van der Waals surface area contributed by atoms with Gasteiger partial charge in [0.1, 0.15) is 0 Å². The van der Waals surface area contributed by atoms with E-state index < -0.39 is 16.8 Å². The van der Waals surface area contributed by atoms with E-state index >= 15 is 0 Å². The summed E-state index contributed by atoms with van der Waals surface area (Å²) in [5.41, 5.74) is 5.54. The maximum Gasteiger partial charge on any atom is 0.330 e. The van der Waals surface area contributed by atoms with E-state index in [4.69, 9.17) is 5.73 Å². The quantitative estimate of drug-likeness (QED) is 0.626. The van der Waals surface area contributed by atoms with E-state index in [1.807, 2.05) is 13.8 Å². The maximum absolute atomic E-state index is 12.8. The van der Waals surface area contributed by atoms with Crippen molar-refractivity contribution in [3.63, 3.8) is 0 Å². The number of rotatable bonds is 6. The number of nitrogens with two attached hydrogens (primary N) is 1. The van der Waals surface area contributed by atoms with Crippen molar-refractivity contribution in [1.29, 1.82) is 0 Å². The summed E-state index contributed by atoms with van der Waals surface area (Å²) in [6.07, 6.45) is 1.99. The number of fused-ring (bicyclic) bond motifs is 1. The van der Waals surface area contributed by atoms with Crippen LogP contribution in [0, 0.1) is 5.92 Å². The molecule has 0 spiro atoms. The molecule has 0 bridgehead atoms. The van der Waals surface area contributed by atoms with Crippen molar-refractivity contribution < 1.29 is 4.79 Å². The van der Waals surface area contributed by atoms with Crippen LogP contribution in [0.5, 0.6) is 0 Å². The molecule has 8 nitrogen and oxygen atoms in total. The summed E-state index contributed by atoms with van der Waals surface area (Å²) in [5, 5.41) is 2.93. The molecule has 0 unspecified atom stereocenters. The number of aromatic nitrogens is 3. The van der Waals surface area contributed by atoms with Crippen molar-refractivity contribution in [2.45, 2.75) is 58.5 Å². The Morgan fingerprint density at radius 2 is 1.97 bits per heavy atom. The molecule has 29 heavy (non-hydrogen) atoms. The minimum atomic E-state index is -0.595. The highest BCUT2D eigenvalue weighted by atomic mass is 35.5. The predicted octanol–water partition coefficient (Wildman–Crippen LogP) is 1.93. The highest BCUT2D eigenvalue weighted by Gasteiger charge is 2.29. The molecule has 4 N–H and O–H groups in total. The van der Waals surface area contributed by atoms with Crippen molar-refractivity contribution in [2.75, 3.05) is 6.54 Å². The number of nitrogens with one attached hydrogen (secondary N) is 2. The molecule has 0 atom stereocenters. The van der Waals surface area contributed by atoms with Crippen LogP contribution in [0.3, 0.4) is 0 Å². The van der Waals surface area contributed by atoms with E-state index in [9.17, 15) is 14.4 Å². The Morgan fingerprint density at radius 3 is 2.48 bits per heavy atom. The lowest BCUT2D eigenvalue weighted by atomic mass is 10.1. The van der Waals surface area contributed by atoms with Gasteiger partial charge in [-0.05, 0) is 38.7 Å². The Morgan fingerprint density at radius 1 is 1.34 bits per heavy atom. The molecule has 10 heteroatoms. The van der Waals surface area contributed by atoms with Gasteiger partial charge in [0.05, 0.1) is 10.9 Å². The van der Waals surface area contributed by atoms with Gasteiger partial charge < -0.3 is 11.1 Å². The number of hydrogen-bond donors (Lipinski definition) is 3. The SMILES string of the molecule is CC(C)Cn1c(=O)[nH]c(=O)c2c(C(=O)NCC(C)(C)N)cc(C3CC3)nc21.Cl.Cl. The molecule has 1 saturated carbocycles. The molecule has 1 amide bonds. The molecule has 0 saturated heterocycles. The third-order valence-corrected chi connectivity index (χ3v) is 4.46. The second-order valence-corrected chi connectivity index (χ2v) is 8.50. The minimum Gasteiger partial charge on any atom is -0.350 e. The molecule has 0 radical (unpaired) electrons. The van der Waals surface area contributed by atoms with Crippen LogP contribution in [-0.2, 0) is 6.54 Å². The number of carbonyl (C=O) groups excluding carboxylic acids is 1. The van der Waals surface area contributed by atoms with Gasteiger partial charge in [-0.25, -0.2) is 9.78 Å². The van der Waals surface area contributed by atoms with Gasteiger partial charge in [0.15, 0.2) is 5.65 Å². The second-order valence-electron chi connectivity index (χ2n) is 8.50. The van der Waals surface area contributed by atoms with Crippen molar-refractivity contribution in [3.05, 3.63) is 38.2 Å². The van der Waals surface area contributed by atoms with Crippen LogP contribution in [0.25, 0.3) is 11.0 Å². The molecule has 1 fully saturated rings. The first-order valence-electron chi connectivity index (χ1n) is 9.31. The van der Waals surface area contributed by atoms with Crippen molar-refractivity contribution >= 4 is 41.8 Å². The number of halogens is 2. The summed E-state index contributed by atoms with van der Waals surface area (Å²) in [7, 11) is 0. The summed E-state index contributed by atoms with van der Waals surface area (Å²) in [4.78, 5) is 44.7. The van der Waals surface area contributed by atoms with Crippen molar-refractivity contribution in [1.82, 2.24) is 19.9 Å². The number of pyridine rings is 1. The molecule has 1 aliphatic carbocycles. The first-order chi connectivity index (χ1) is 12.6. The average molecular weight is 446 g/mol. The highest BCUT2D eigenvalue weighted by Crippen LogP contribution is 2.39. The van der Waals surface area contributed by atoms with Gasteiger partial charge in [-0.15, -0.1) is 24.8 Å². The summed E-state index contributed by atoms with van der Waals surface area (Å²) in [6, 6.07) is 1.68. The molecule has 2 aromatic rings. The number of nitrogens with zero attached hydrogens (tertiary/aromatic N) is 2. The molecule has 162 valence electrons. The smallest absolute Gasteiger partial charge is 0.330 e. The first kappa shape index (κ1) is 25.1. The second kappa shape index (κ2) is 9.28. The summed E-state index contributed by atoms with van der Waals surface area (Å²) in [5.74, 6) is 0.0651. The van der Waals surface area contributed by atoms with E-state index in [0.29, 0.717) is 6.54 Å². The van der Waals surface area contributed by atoms with Gasteiger partial charge in [0, 0.05) is 30.2 Å². The zero-order chi connectivity index (χ0) is 19.9. The number of carbonyl (C=O) groups is 1. The Kier molecular flexibility index (Phi) is 8.04. The van der Waals surface area contributed by atoms with Crippen LogP contribution >= 0.6 is 24.8 Å². The molecule has 1 aliphatic rings. The standard InChI is InChI=1S/C19H27N5O3.2ClH/c1-10(2)8-24-15-14(17(26)23-18(24)27)12(7-13(22-15)11-5-6-11)16(25)21-9-19(3,4)20;;/h7,10-11H,5-6,8-9,20H2,1-4H3,(H,21,25)(H,23,26,27);2*1H. The largest absolute Gasteiger partial charge is 0.350 e. The van der Waals surface area contributed by atoms with E-state index in [0.717, 1.165) is 18.5 Å². The van der Waals surface area contributed by atoms with Crippen LogP contribution in [0.4, 0.5) is 0 Å². The first-order valence-corrected chi connectivity index (χ1v) is 9.31. The number of aromatic amines is 1. The van der Waals surface area contributed by atoms with Crippen LogP contribution in [0.1, 0.15) is 62.5 Å². The fraction of sp³-hybridized carbons (Fsp3) is 0.579. The maximum atomic E-state index is 12.8. The molecular weight excluding hydrogens is 417 g/mol. The zero-order valence-electron chi connectivity index (χ0n) is 17.1. The lowest BCUT2D eigenvalue weighted by Crippen LogP contribution is -2.45. The van der Waals surface area contributed by atoms with Crippen LogP contribution in [-0.4, -0.2) is 32.5 Å². The minimum absolute atomic E-state index is 0. The van der Waals surface area contributed by atoms with Crippen LogP contribution in [0.2, 0.25) is 0 Å². The Bertz CT molecular complexity index is 1000. The van der Waals surface area contributed by atoms with E-state index in [-0.39, 0.29) is 65.7 Å². The predicted molar refractivity (Wildman–Crippen MR) is 119 cm³/mol. The van der Waals surface area contributed by atoms with Crippen LogP contribution < -0.4 is 22.3 Å². The molecule has 3 rings (SSSR count). The lowest BCUT2D eigenvalue weighted by Gasteiger charge is -2.19.